The topological polar surface area (TPSA) is 40.5 Å². The van der Waals surface area contributed by atoms with Gasteiger partial charge in [0.25, 0.3) is 0 Å². The smallest absolute Gasteiger partial charge is 0.119 e. The first-order valence-corrected chi connectivity index (χ1v) is 6.58. The standard InChI is InChI=1S/C16H24O2/c1-5-6-7-8-12(2)16(3,4)13-9-14(17)11-15(18)10-13/h8-11,17-18H,5-7H2,1-4H3. The highest BCUT2D eigenvalue weighted by Gasteiger charge is 2.23. The third kappa shape index (κ3) is 3.52. The summed E-state index contributed by atoms with van der Waals surface area (Å²) in [6, 6.07) is 4.80. The van der Waals surface area contributed by atoms with E-state index >= 15 is 0 Å². The van der Waals surface area contributed by atoms with Gasteiger partial charge in [-0.15, -0.1) is 0 Å². The van der Waals surface area contributed by atoms with Gasteiger partial charge in [0.1, 0.15) is 11.5 Å². The fourth-order valence-corrected chi connectivity index (χ4v) is 1.96. The minimum absolute atomic E-state index is 0.111. The second-order valence-electron chi connectivity index (χ2n) is 5.39. The first-order valence-electron chi connectivity index (χ1n) is 6.58. The summed E-state index contributed by atoms with van der Waals surface area (Å²) in [7, 11) is 0. The molecule has 0 bridgehead atoms. The van der Waals surface area contributed by atoms with Gasteiger partial charge in [-0.25, -0.2) is 0 Å². The molecule has 0 radical (unpaired) electrons. The number of aromatic hydroxyl groups is 2. The van der Waals surface area contributed by atoms with Crippen molar-refractivity contribution in [3.63, 3.8) is 0 Å². The maximum atomic E-state index is 9.57. The minimum Gasteiger partial charge on any atom is -0.508 e. The van der Waals surface area contributed by atoms with Crippen LogP contribution in [-0.2, 0) is 5.41 Å². The second kappa shape index (κ2) is 5.94. The van der Waals surface area contributed by atoms with Crippen molar-refractivity contribution >= 4 is 0 Å². The Morgan fingerprint density at radius 2 is 1.72 bits per heavy atom. The van der Waals surface area contributed by atoms with Crippen LogP contribution >= 0.6 is 0 Å². The summed E-state index contributed by atoms with van der Waals surface area (Å²) < 4.78 is 0. The summed E-state index contributed by atoms with van der Waals surface area (Å²) in [6.45, 7) is 8.51. The van der Waals surface area contributed by atoms with E-state index in [0.29, 0.717) is 0 Å². The molecule has 100 valence electrons. The molecule has 0 aliphatic rings. The van der Waals surface area contributed by atoms with Crippen LogP contribution in [0, 0.1) is 0 Å². The number of benzene rings is 1. The average molecular weight is 248 g/mol. The fraction of sp³-hybridized carbons (Fsp3) is 0.500. The summed E-state index contributed by atoms with van der Waals surface area (Å²) in [5.74, 6) is 0.221. The van der Waals surface area contributed by atoms with Gasteiger partial charge in [0, 0.05) is 11.5 Å². The van der Waals surface area contributed by atoms with Crippen molar-refractivity contribution in [2.45, 2.75) is 52.4 Å². The van der Waals surface area contributed by atoms with Gasteiger partial charge in [0.2, 0.25) is 0 Å². The van der Waals surface area contributed by atoms with Crippen LogP contribution in [0.3, 0.4) is 0 Å². The van der Waals surface area contributed by atoms with Gasteiger partial charge >= 0.3 is 0 Å². The molecule has 0 atom stereocenters. The summed E-state index contributed by atoms with van der Waals surface area (Å²) in [4.78, 5) is 0. The van der Waals surface area contributed by atoms with E-state index in [1.165, 1.54) is 24.5 Å². The number of rotatable bonds is 5. The monoisotopic (exact) mass is 248 g/mol. The van der Waals surface area contributed by atoms with Crippen molar-refractivity contribution in [1.29, 1.82) is 0 Å². The zero-order valence-electron chi connectivity index (χ0n) is 11.8. The van der Waals surface area contributed by atoms with Crippen molar-refractivity contribution in [3.8, 4) is 11.5 Å². The molecule has 0 aliphatic carbocycles. The Balaban J connectivity index is 3.00. The molecule has 2 nitrogen and oxygen atoms in total. The van der Waals surface area contributed by atoms with Crippen LogP contribution in [0.4, 0.5) is 0 Å². The van der Waals surface area contributed by atoms with E-state index in [0.717, 1.165) is 12.0 Å². The number of phenols is 2. The molecule has 1 rings (SSSR count). The molecular weight excluding hydrogens is 224 g/mol. The van der Waals surface area contributed by atoms with E-state index < -0.39 is 0 Å². The van der Waals surface area contributed by atoms with E-state index in [1.807, 2.05) is 0 Å². The number of unbranched alkanes of at least 4 members (excludes halogenated alkanes) is 2. The van der Waals surface area contributed by atoms with Crippen LogP contribution in [0.2, 0.25) is 0 Å². The molecule has 1 aromatic carbocycles. The molecule has 0 saturated heterocycles. The lowest BCUT2D eigenvalue weighted by Crippen LogP contribution is -2.18. The first kappa shape index (κ1) is 14.6. The molecule has 0 fully saturated rings. The van der Waals surface area contributed by atoms with Crippen LogP contribution < -0.4 is 0 Å². The van der Waals surface area contributed by atoms with Crippen LogP contribution in [0.15, 0.2) is 29.8 Å². The summed E-state index contributed by atoms with van der Waals surface area (Å²) in [6.07, 6.45) is 5.72. The quantitative estimate of drug-likeness (QED) is 0.594. The molecule has 2 N–H and O–H groups in total. The number of phenolic OH excluding ortho intramolecular Hbond substituents is 2. The molecule has 0 heterocycles. The van der Waals surface area contributed by atoms with E-state index in [9.17, 15) is 10.2 Å². The van der Waals surface area contributed by atoms with E-state index in [2.05, 4.69) is 33.8 Å². The van der Waals surface area contributed by atoms with Gasteiger partial charge in [-0.2, -0.15) is 0 Å². The molecule has 18 heavy (non-hydrogen) atoms. The number of hydrogen-bond acceptors (Lipinski definition) is 2. The molecular formula is C16H24O2. The molecule has 0 amide bonds. The third-order valence-electron chi connectivity index (χ3n) is 3.62. The number of allylic oxidation sites excluding steroid dienone is 2. The van der Waals surface area contributed by atoms with Crippen molar-refractivity contribution in [2.75, 3.05) is 0 Å². The summed E-state index contributed by atoms with van der Waals surface area (Å²) in [5, 5.41) is 19.1. The van der Waals surface area contributed by atoms with E-state index in [1.54, 1.807) is 12.1 Å². The minimum atomic E-state index is -0.177. The lowest BCUT2D eigenvalue weighted by Gasteiger charge is -2.27. The average Bonchev–Trinajstić information content (AvgIpc) is 2.27. The maximum absolute atomic E-state index is 9.57. The van der Waals surface area contributed by atoms with Crippen molar-refractivity contribution in [3.05, 3.63) is 35.4 Å². The first-order chi connectivity index (χ1) is 8.37. The summed E-state index contributed by atoms with van der Waals surface area (Å²) >= 11 is 0. The third-order valence-corrected chi connectivity index (χ3v) is 3.62. The molecule has 1 aromatic rings. The Labute approximate surface area is 110 Å². The molecule has 0 unspecified atom stereocenters. The van der Waals surface area contributed by atoms with Crippen LogP contribution in [-0.4, -0.2) is 10.2 Å². The molecule has 0 saturated carbocycles. The zero-order valence-corrected chi connectivity index (χ0v) is 11.8. The highest BCUT2D eigenvalue weighted by molar-refractivity contribution is 5.43. The number of hydrogen-bond donors (Lipinski definition) is 2. The van der Waals surface area contributed by atoms with Gasteiger partial charge in [-0.3, -0.25) is 0 Å². The predicted octanol–water partition coefficient (Wildman–Crippen LogP) is 4.51. The van der Waals surface area contributed by atoms with Crippen molar-refractivity contribution in [2.24, 2.45) is 0 Å². The van der Waals surface area contributed by atoms with E-state index in [4.69, 9.17) is 0 Å². The highest BCUT2D eigenvalue weighted by atomic mass is 16.3. The normalized spacial score (nSPS) is 12.8. The van der Waals surface area contributed by atoms with Gasteiger partial charge < -0.3 is 10.2 Å². The van der Waals surface area contributed by atoms with Crippen molar-refractivity contribution in [1.82, 2.24) is 0 Å². The van der Waals surface area contributed by atoms with Gasteiger partial charge in [-0.05, 0) is 31.0 Å². The van der Waals surface area contributed by atoms with Crippen molar-refractivity contribution < 1.29 is 10.2 Å². The molecule has 2 heteroatoms. The molecule has 0 aliphatic heterocycles. The van der Waals surface area contributed by atoms with Gasteiger partial charge in [0.15, 0.2) is 0 Å². The van der Waals surface area contributed by atoms with Crippen LogP contribution in [0.1, 0.15) is 52.5 Å². The lowest BCUT2D eigenvalue weighted by atomic mass is 9.77. The largest absolute Gasteiger partial charge is 0.508 e. The summed E-state index contributed by atoms with van der Waals surface area (Å²) in [5.41, 5.74) is 2.02. The van der Waals surface area contributed by atoms with Gasteiger partial charge in [0.05, 0.1) is 0 Å². The predicted molar refractivity (Wildman–Crippen MR) is 76.1 cm³/mol. The highest BCUT2D eigenvalue weighted by Crippen LogP contribution is 2.35. The Hall–Kier alpha value is -1.44. The Kier molecular flexibility index (Phi) is 4.83. The fourth-order valence-electron chi connectivity index (χ4n) is 1.96. The second-order valence-corrected chi connectivity index (χ2v) is 5.39. The maximum Gasteiger partial charge on any atom is 0.119 e. The SMILES string of the molecule is CCCCC=C(C)C(C)(C)c1cc(O)cc(O)c1. The lowest BCUT2D eigenvalue weighted by molar-refractivity contribution is 0.445. The molecule has 0 spiro atoms. The Morgan fingerprint density at radius 1 is 1.17 bits per heavy atom. The Bertz CT molecular complexity index is 410. The van der Waals surface area contributed by atoms with E-state index in [-0.39, 0.29) is 16.9 Å². The zero-order chi connectivity index (χ0) is 13.8. The van der Waals surface area contributed by atoms with Gasteiger partial charge in [-0.1, -0.05) is 45.3 Å². The van der Waals surface area contributed by atoms with Crippen LogP contribution in [0.25, 0.3) is 0 Å². The van der Waals surface area contributed by atoms with Crippen LogP contribution in [0.5, 0.6) is 11.5 Å². The molecule has 0 aromatic heterocycles. The Morgan fingerprint density at radius 3 is 2.22 bits per heavy atom.